The molecular weight excluding hydrogens is 242 g/mol. The predicted molar refractivity (Wildman–Crippen MR) is 77.4 cm³/mol. The van der Waals surface area contributed by atoms with E-state index in [1.165, 1.54) is 19.3 Å². The number of ether oxygens (including phenoxy) is 2. The van der Waals surface area contributed by atoms with Gasteiger partial charge in [-0.2, -0.15) is 0 Å². The van der Waals surface area contributed by atoms with Crippen molar-refractivity contribution in [1.29, 1.82) is 0 Å². The SMILES string of the molecule is CCOCCCNCC(O)COC1CCCCC1C. The average Bonchev–Trinajstić information content (AvgIpc) is 2.42. The zero-order chi connectivity index (χ0) is 13.9. The number of hydrogen-bond donors (Lipinski definition) is 2. The Morgan fingerprint density at radius 1 is 1.32 bits per heavy atom. The first kappa shape index (κ1) is 16.9. The molecule has 0 aromatic rings. The maximum atomic E-state index is 9.85. The van der Waals surface area contributed by atoms with Crippen molar-refractivity contribution in [2.75, 3.05) is 32.9 Å². The third-order valence-corrected chi connectivity index (χ3v) is 3.76. The van der Waals surface area contributed by atoms with E-state index in [9.17, 15) is 5.11 Å². The number of hydrogen-bond acceptors (Lipinski definition) is 4. The molecule has 1 saturated carbocycles. The lowest BCUT2D eigenvalue weighted by Crippen LogP contribution is -2.35. The lowest BCUT2D eigenvalue weighted by Gasteiger charge is -2.29. The monoisotopic (exact) mass is 273 g/mol. The van der Waals surface area contributed by atoms with Crippen molar-refractivity contribution in [3.63, 3.8) is 0 Å². The minimum Gasteiger partial charge on any atom is -0.389 e. The summed E-state index contributed by atoms with van der Waals surface area (Å²) in [5.74, 6) is 0.639. The van der Waals surface area contributed by atoms with E-state index in [1.54, 1.807) is 0 Å². The van der Waals surface area contributed by atoms with Crippen LogP contribution in [0.25, 0.3) is 0 Å². The van der Waals surface area contributed by atoms with Gasteiger partial charge in [-0.3, -0.25) is 0 Å². The van der Waals surface area contributed by atoms with Crippen molar-refractivity contribution in [1.82, 2.24) is 5.32 Å². The molecule has 0 radical (unpaired) electrons. The fraction of sp³-hybridized carbons (Fsp3) is 1.00. The first-order valence-electron chi connectivity index (χ1n) is 7.82. The largest absolute Gasteiger partial charge is 0.389 e. The van der Waals surface area contributed by atoms with Crippen LogP contribution in [0.1, 0.15) is 46.0 Å². The molecule has 0 aromatic heterocycles. The molecule has 0 aliphatic heterocycles. The first-order valence-corrected chi connectivity index (χ1v) is 7.82. The second-order valence-corrected chi connectivity index (χ2v) is 5.54. The summed E-state index contributed by atoms with van der Waals surface area (Å²) in [4.78, 5) is 0. The van der Waals surface area contributed by atoms with E-state index in [0.29, 0.717) is 25.2 Å². The van der Waals surface area contributed by atoms with Crippen LogP contribution in [0.4, 0.5) is 0 Å². The number of rotatable bonds is 10. The van der Waals surface area contributed by atoms with E-state index < -0.39 is 6.10 Å². The van der Waals surface area contributed by atoms with Gasteiger partial charge in [-0.1, -0.05) is 19.8 Å². The second-order valence-electron chi connectivity index (χ2n) is 5.54. The maximum Gasteiger partial charge on any atom is 0.0897 e. The van der Waals surface area contributed by atoms with E-state index in [2.05, 4.69) is 12.2 Å². The molecule has 0 spiro atoms. The summed E-state index contributed by atoms with van der Waals surface area (Å²) in [5.41, 5.74) is 0. The van der Waals surface area contributed by atoms with Crippen molar-refractivity contribution < 1.29 is 14.6 Å². The van der Waals surface area contributed by atoms with Crippen LogP contribution < -0.4 is 5.32 Å². The van der Waals surface area contributed by atoms with Gasteiger partial charge in [0, 0.05) is 19.8 Å². The fourth-order valence-corrected chi connectivity index (χ4v) is 2.54. The summed E-state index contributed by atoms with van der Waals surface area (Å²) < 4.78 is 11.1. The Labute approximate surface area is 117 Å². The average molecular weight is 273 g/mol. The van der Waals surface area contributed by atoms with Gasteiger partial charge in [0.05, 0.1) is 18.8 Å². The molecule has 2 N–H and O–H groups in total. The molecule has 0 amide bonds. The van der Waals surface area contributed by atoms with Gasteiger partial charge in [0.2, 0.25) is 0 Å². The lowest BCUT2D eigenvalue weighted by atomic mass is 9.88. The summed E-state index contributed by atoms with van der Waals surface area (Å²) in [6, 6.07) is 0. The number of aliphatic hydroxyl groups excluding tert-OH is 1. The smallest absolute Gasteiger partial charge is 0.0897 e. The van der Waals surface area contributed by atoms with Crippen LogP contribution in [0.15, 0.2) is 0 Å². The quantitative estimate of drug-likeness (QED) is 0.597. The maximum absolute atomic E-state index is 9.85. The molecule has 0 bridgehead atoms. The Morgan fingerprint density at radius 3 is 2.84 bits per heavy atom. The molecule has 19 heavy (non-hydrogen) atoms. The van der Waals surface area contributed by atoms with E-state index in [-0.39, 0.29) is 0 Å². The standard InChI is InChI=1S/C15H31NO3/c1-3-18-10-6-9-16-11-14(17)12-19-15-8-5-4-7-13(15)2/h13-17H,3-12H2,1-2H3. The zero-order valence-corrected chi connectivity index (χ0v) is 12.6. The second kappa shape index (κ2) is 10.6. The van der Waals surface area contributed by atoms with Gasteiger partial charge in [-0.15, -0.1) is 0 Å². The highest BCUT2D eigenvalue weighted by molar-refractivity contribution is 4.73. The van der Waals surface area contributed by atoms with Crippen molar-refractivity contribution >= 4 is 0 Å². The normalized spacial score (nSPS) is 25.4. The van der Waals surface area contributed by atoms with Gasteiger partial charge in [-0.25, -0.2) is 0 Å². The number of aliphatic hydroxyl groups is 1. The minimum atomic E-state index is -0.402. The summed E-state index contributed by atoms with van der Waals surface area (Å²) in [7, 11) is 0. The topological polar surface area (TPSA) is 50.7 Å². The molecule has 4 nitrogen and oxygen atoms in total. The Bertz CT molecular complexity index is 214. The first-order chi connectivity index (χ1) is 9.24. The van der Waals surface area contributed by atoms with Crippen LogP contribution in [-0.4, -0.2) is 50.2 Å². The Morgan fingerprint density at radius 2 is 2.11 bits per heavy atom. The molecule has 1 fully saturated rings. The van der Waals surface area contributed by atoms with Gasteiger partial charge >= 0.3 is 0 Å². The van der Waals surface area contributed by atoms with Gasteiger partial charge < -0.3 is 19.9 Å². The van der Waals surface area contributed by atoms with Crippen LogP contribution in [0.2, 0.25) is 0 Å². The van der Waals surface area contributed by atoms with Gasteiger partial charge in [0.1, 0.15) is 0 Å². The third kappa shape index (κ3) is 7.88. The minimum absolute atomic E-state index is 0.348. The van der Waals surface area contributed by atoms with E-state index in [4.69, 9.17) is 9.47 Å². The lowest BCUT2D eigenvalue weighted by molar-refractivity contribution is -0.0451. The molecule has 4 heteroatoms. The summed E-state index contributed by atoms with van der Waals surface area (Å²) >= 11 is 0. The Kier molecular flexibility index (Phi) is 9.43. The number of nitrogens with one attached hydrogen (secondary N) is 1. The van der Waals surface area contributed by atoms with Crippen LogP contribution >= 0.6 is 0 Å². The van der Waals surface area contributed by atoms with Crippen molar-refractivity contribution in [2.45, 2.75) is 58.2 Å². The molecule has 0 heterocycles. The van der Waals surface area contributed by atoms with Crippen LogP contribution in [0.3, 0.4) is 0 Å². The molecule has 0 saturated heterocycles. The van der Waals surface area contributed by atoms with Crippen molar-refractivity contribution in [3.05, 3.63) is 0 Å². The van der Waals surface area contributed by atoms with Crippen LogP contribution in [0.5, 0.6) is 0 Å². The fourth-order valence-electron chi connectivity index (χ4n) is 2.54. The van der Waals surface area contributed by atoms with Crippen LogP contribution in [-0.2, 0) is 9.47 Å². The van der Waals surface area contributed by atoms with E-state index in [1.807, 2.05) is 6.92 Å². The van der Waals surface area contributed by atoms with Crippen molar-refractivity contribution in [3.8, 4) is 0 Å². The van der Waals surface area contributed by atoms with Crippen molar-refractivity contribution in [2.24, 2.45) is 5.92 Å². The molecule has 0 aromatic carbocycles. The molecule has 1 rings (SSSR count). The molecule has 1 aliphatic carbocycles. The molecule has 114 valence electrons. The highest BCUT2D eigenvalue weighted by Gasteiger charge is 2.22. The highest BCUT2D eigenvalue weighted by atomic mass is 16.5. The zero-order valence-electron chi connectivity index (χ0n) is 12.6. The highest BCUT2D eigenvalue weighted by Crippen LogP contribution is 2.26. The summed E-state index contributed by atoms with van der Waals surface area (Å²) in [5, 5.41) is 13.1. The third-order valence-electron chi connectivity index (χ3n) is 3.76. The Hall–Kier alpha value is -0.160. The Balaban J connectivity index is 1.96. The van der Waals surface area contributed by atoms with E-state index >= 15 is 0 Å². The van der Waals surface area contributed by atoms with Gasteiger partial charge in [-0.05, 0) is 38.6 Å². The summed E-state index contributed by atoms with van der Waals surface area (Å²) in [6.07, 6.45) is 5.93. The molecule has 3 atom stereocenters. The summed E-state index contributed by atoms with van der Waals surface area (Å²) in [6.45, 7) is 7.76. The molecular formula is C15H31NO3. The van der Waals surface area contributed by atoms with Gasteiger partial charge in [0.25, 0.3) is 0 Å². The van der Waals surface area contributed by atoms with E-state index in [0.717, 1.165) is 32.6 Å². The van der Waals surface area contributed by atoms with Gasteiger partial charge in [0.15, 0.2) is 0 Å². The predicted octanol–water partition coefficient (Wildman–Crippen LogP) is 1.96. The van der Waals surface area contributed by atoms with Crippen LogP contribution in [0, 0.1) is 5.92 Å². The molecule has 1 aliphatic rings. The molecule has 3 unspecified atom stereocenters.